The molecule has 7 rings (SSSR count). The molecule has 1 heteroatoms. The maximum atomic E-state index is 2.40. The summed E-state index contributed by atoms with van der Waals surface area (Å²) >= 11 is 1.89. The highest BCUT2D eigenvalue weighted by molar-refractivity contribution is 7.26. The highest BCUT2D eigenvalue weighted by Crippen LogP contribution is 2.41. The van der Waals surface area contributed by atoms with Gasteiger partial charge in [-0.15, -0.1) is 11.3 Å². The van der Waals surface area contributed by atoms with Gasteiger partial charge in [0.2, 0.25) is 0 Å². The molecule has 0 unspecified atom stereocenters. The second kappa shape index (κ2) is 8.87. The van der Waals surface area contributed by atoms with Gasteiger partial charge in [-0.2, -0.15) is 0 Å². The lowest BCUT2D eigenvalue weighted by atomic mass is 9.91. The Morgan fingerprint density at radius 1 is 0.541 bits per heavy atom. The van der Waals surface area contributed by atoms with Gasteiger partial charge in [-0.05, 0) is 73.8 Å². The van der Waals surface area contributed by atoms with E-state index in [1.807, 2.05) is 11.3 Å². The quantitative estimate of drug-likeness (QED) is 0.214. The van der Waals surface area contributed by atoms with E-state index in [0.29, 0.717) is 5.92 Å². The minimum Gasteiger partial charge on any atom is -0.135 e. The van der Waals surface area contributed by atoms with Crippen molar-refractivity contribution < 1.29 is 0 Å². The first kappa shape index (κ1) is 22.3. The summed E-state index contributed by atoms with van der Waals surface area (Å²) in [6.07, 6.45) is 1.11. The summed E-state index contributed by atoms with van der Waals surface area (Å²) in [6.45, 7) is 4.58. The Morgan fingerprint density at radius 3 is 2.00 bits per heavy atom. The molecule has 0 bridgehead atoms. The van der Waals surface area contributed by atoms with E-state index in [-0.39, 0.29) is 0 Å². The van der Waals surface area contributed by atoms with Gasteiger partial charge in [-0.1, -0.05) is 117 Å². The molecule has 0 atom stereocenters. The van der Waals surface area contributed by atoms with E-state index in [0.717, 1.165) is 6.42 Å². The van der Waals surface area contributed by atoms with Crippen LogP contribution in [0.2, 0.25) is 0 Å². The number of rotatable bonds is 4. The van der Waals surface area contributed by atoms with Gasteiger partial charge in [0.05, 0.1) is 0 Å². The minimum absolute atomic E-state index is 0.653. The molecule has 37 heavy (non-hydrogen) atoms. The Morgan fingerprint density at radius 2 is 1.22 bits per heavy atom. The fourth-order valence-corrected chi connectivity index (χ4v) is 7.03. The monoisotopic (exact) mass is 492 g/mol. The van der Waals surface area contributed by atoms with Crippen molar-refractivity contribution in [2.45, 2.75) is 20.3 Å². The molecule has 0 saturated carbocycles. The molecule has 0 fully saturated rings. The summed E-state index contributed by atoms with van der Waals surface area (Å²) in [6, 6.07) is 42.8. The molecule has 0 aliphatic carbocycles. The molecule has 0 radical (unpaired) electrons. The van der Waals surface area contributed by atoms with Crippen LogP contribution >= 0.6 is 11.3 Å². The van der Waals surface area contributed by atoms with Crippen molar-refractivity contribution in [1.29, 1.82) is 0 Å². The van der Waals surface area contributed by atoms with Crippen LogP contribution in [0.3, 0.4) is 0 Å². The Bertz CT molecular complexity index is 1920. The molecule has 0 nitrogen and oxygen atoms in total. The van der Waals surface area contributed by atoms with E-state index >= 15 is 0 Å². The molecule has 6 aromatic carbocycles. The van der Waals surface area contributed by atoms with Gasteiger partial charge in [-0.25, -0.2) is 0 Å². The molecule has 0 amide bonds. The number of fused-ring (bicyclic) bond motifs is 6. The Balaban J connectivity index is 1.35. The third kappa shape index (κ3) is 3.82. The second-order valence-electron chi connectivity index (χ2n) is 10.5. The molecule has 0 spiro atoms. The van der Waals surface area contributed by atoms with Crippen LogP contribution in [0.25, 0.3) is 64.0 Å². The first-order valence-corrected chi connectivity index (χ1v) is 13.9. The number of hydrogen-bond acceptors (Lipinski definition) is 1. The van der Waals surface area contributed by atoms with Crippen LogP contribution in [-0.4, -0.2) is 0 Å². The van der Waals surface area contributed by atoms with Crippen LogP contribution in [0.1, 0.15) is 19.4 Å². The standard InChI is InChI=1S/C36H28S/c1-23(2)20-24-14-15-27-22-34(30-9-4-3-8-29(30)33(27)21-24)26-18-16-25(17-19-26)28-11-7-12-32-31-10-5-6-13-35(31)37-36(28)32/h3-19,21-23H,20H2,1-2H3. The van der Waals surface area contributed by atoms with E-state index in [2.05, 4.69) is 129 Å². The maximum Gasteiger partial charge on any atom is 0.0433 e. The van der Waals surface area contributed by atoms with E-state index in [1.165, 1.54) is 69.5 Å². The van der Waals surface area contributed by atoms with Crippen LogP contribution in [0, 0.1) is 5.92 Å². The van der Waals surface area contributed by atoms with Crippen molar-refractivity contribution >= 4 is 53.1 Å². The lowest BCUT2D eigenvalue weighted by molar-refractivity contribution is 0.648. The van der Waals surface area contributed by atoms with Crippen molar-refractivity contribution in [2.24, 2.45) is 5.92 Å². The minimum atomic E-state index is 0.653. The third-order valence-corrected chi connectivity index (χ3v) is 8.70. The van der Waals surface area contributed by atoms with E-state index in [1.54, 1.807) is 0 Å². The summed E-state index contributed by atoms with van der Waals surface area (Å²) in [5, 5.41) is 8.00. The van der Waals surface area contributed by atoms with Crippen LogP contribution in [0.4, 0.5) is 0 Å². The van der Waals surface area contributed by atoms with Gasteiger partial charge < -0.3 is 0 Å². The lowest BCUT2D eigenvalue weighted by Crippen LogP contribution is -1.94. The summed E-state index contributed by atoms with van der Waals surface area (Å²) in [7, 11) is 0. The molecule has 0 saturated heterocycles. The fraction of sp³-hybridized carbons (Fsp3) is 0.111. The van der Waals surface area contributed by atoms with E-state index in [4.69, 9.17) is 0 Å². The SMILES string of the molecule is CC(C)Cc1ccc2cc(-c3ccc(-c4cccc5c4sc4ccccc45)cc3)c3ccccc3c2c1. The molecule has 1 aromatic heterocycles. The second-order valence-corrected chi connectivity index (χ2v) is 11.5. The highest BCUT2D eigenvalue weighted by Gasteiger charge is 2.12. The van der Waals surface area contributed by atoms with Crippen LogP contribution in [0.15, 0.2) is 115 Å². The van der Waals surface area contributed by atoms with Crippen molar-refractivity contribution in [2.75, 3.05) is 0 Å². The van der Waals surface area contributed by atoms with Gasteiger partial charge in [-0.3, -0.25) is 0 Å². The predicted molar refractivity (Wildman–Crippen MR) is 164 cm³/mol. The predicted octanol–water partition coefficient (Wildman–Crippen LogP) is 10.9. The van der Waals surface area contributed by atoms with Crippen molar-refractivity contribution in [3.63, 3.8) is 0 Å². The number of thiophene rings is 1. The molecular formula is C36H28S. The molecule has 0 aliphatic heterocycles. The normalized spacial score (nSPS) is 11.9. The zero-order valence-corrected chi connectivity index (χ0v) is 22.0. The van der Waals surface area contributed by atoms with Crippen molar-refractivity contribution in [3.8, 4) is 22.3 Å². The fourth-order valence-electron chi connectivity index (χ4n) is 5.79. The van der Waals surface area contributed by atoms with Gasteiger partial charge in [0.25, 0.3) is 0 Å². The van der Waals surface area contributed by atoms with Gasteiger partial charge in [0.1, 0.15) is 0 Å². The largest absolute Gasteiger partial charge is 0.135 e. The van der Waals surface area contributed by atoms with Crippen LogP contribution in [-0.2, 0) is 6.42 Å². The van der Waals surface area contributed by atoms with E-state index < -0.39 is 0 Å². The van der Waals surface area contributed by atoms with Crippen LogP contribution < -0.4 is 0 Å². The van der Waals surface area contributed by atoms with Crippen molar-refractivity contribution in [1.82, 2.24) is 0 Å². The summed E-state index contributed by atoms with van der Waals surface area (Å²) in [5.74, 6) is 0.653. The maximum absolute atomic E-state index is 2.40. The Hall–Kier alpha value is -3.94. The number of hydrogen-bond donors (Lipinski definition) is 0. The molecule has 7 aromatic rings. The first-order valence-electron chi connectivity index (χ1n) is 13.1. The van der Waals surface area contributed by atoms with Gasteiger partial charge in [0, 0.05) is 20.2 Å². The molecule has 1 heterocycles. The Kier molecular flexibility index (Phi) is 5.34. The molecular weight excluding hydrogens is 464 g/mol. The average Bonchev–Trinajstić information content (AvgIpc) is 3.31. The van der Waals surface area contributed by atoms with Crippen LogP contribution in [0.5, 0.6) is 0 Å². The average molecular weight is 493 g/mol. The topological polar surface area (TPSA) is 0 Å². The highest BCUT2D eigenvalue weighted by atomic mass is 32.1. The molecule has 0 aliphatic rings. The summed E-state index contributed by atoms with van der Waals surface area (Å²) < 4.78 is 2.71. The van der Waals surface area contributed by atoms with Crippen molar-refractivity contribution in [3.05, 3.63) is 121 Å². The zero-order valence-electron chi connectivity index (χ0n) is 21.2. The van der Waals surface area contributed by atoms with Gasteiger partial charge in [0.15, 0.2) is 0 Å². The zero-order chi connectivity index (χ0) is 24.9. The molecule has 178 valence electrons. The van der Waals surface area contributed by atoms with E-state index in [9.17, 15) is 0 Å². The summed E-state index contributed by atoms with van der Waals surface area (Å²) in [5.41, 5.74) is 6.55. The smallest absolute Gasteiger partial charge is 0.0433 e. The van der Waals surface area contributed by atoms with Gasteiger partial charge >= 0.3 is 0 Å². The first-order chi connectivity index (χ1) is 18.2. The Labute approximate surface area is 221 Å². The summed E-state index contributed by atoms with van der Waals surface area (Å²) in [4.78, 5) is 0. The molecule has 0 N–H and O–H groups in total. The lowest BCUT2D eigenvalue weighted by Gasteiger charge is -2.13. The third-order valence-electron chi connectivity index (χ3n) is 7.48. The number of benzene rings is 6.